The van der Waals surface area contributed by atoms with Gasteiger partial charge in [-0.15, -0.1) is 12.4 Å². The van der Waals surface area contributed by atoms with Gasteiger partial charge >= 0.3 is 0 Å². The van der Waals surface area contributed by atoms with Gasteiger partial charge in [0.15, 0.2) is 0 Å². The van der Waals surface area contributed by atoms with E-state index < -0.39 is 10.0 Å². The van der Waals surface area contributed by atoms with E-state index in [1.165, 1.54) is 6.07 Å². The predicted octanol–water partition coefficient (Wildman–Crippen LogP) is 2.36. The number of nitrogens with zero attached hydrogens (tertiary/aromatic N) is 1. The summed E-state index contributed by atoms with van der Waals surface area (Å²) in [7, 11) is -3.11. The van der Waals surface area contributed by atoms with Crippen LogP contribution in [0.1, 0.15) is 25.3 Å². The summed E-state index contributed by atoms with van der Waals surface area (Å²) in [6.07, 6.45) is 1.49. The van der Waals surface area contributed by atoms with E-state index in [0.29, 0.717) is 13.1 Å². The van der Waals surface area contributed by atoms with Crippen molar-refractivity contribution in [1.82, 2.24) is 4.31 Å². The van der Waals surface area contributed by atoms with Crippen molar-refractivity contribution in [2.45, 2.75) is 25.2 Å². The lowest BCUT2D eigenvalue weighted by Gasteiger charge is -2.38. The van der Waals surface area contributed by atoms with Gasteiger partial charge in [0.05, 0.1) is 5.75 Å². The molecule has 1 N–H and O–H groups in total. The van der Waals surface area contributed by atoms with Gasteiger partial charge in [-0.05, 0) is 43.5 Å². The summed E-state index contributed by atoms with van der Waals surface area (Å²) < 4.78 is 38.9. The Morgan fingerprint density at radius 2 is 2.00 bits per heavy atom. The highest BCUT2D eigenvalue weighted by Crippen LogP contribution is 2.44. The van der Waals surface area contributed by atoms with Crippen LogP contribution < -0.4 is 5.32 Å². The molecule has 2 heterocycles. The Labute approximate surface area is 131 Å². The van der Waals surface area contributed by atoms with Crippen LogP contribution in [0.3, 0.4) is 0 Å². The van der Waals surface area contributed by atoms with Crippen LogP contribution in [0.4, 0.5) is 10.1 Å². The molecule has 2 aliphatic heterocycles. The smallest absolute Gasteiger partial charge is 0.213 e. The number of anilines is 1. The van der Waals surface area contributed by atoms with Gasteiger partial charge in [0.25, 0.3) is 0 Å². The van der Waals surface area contributed by atoms with E-state index in [0.717, 1.165) is 30.6 Å². The van der Waals surface area contributed by atoms with E-state index in [2.05, 4.69) is 5.32 Å². The van der Waals surface area contributed by atoms with Crippen molar-refractivity contribution >= 4 is 28.1 Å². The van der Waals surface area contributed by atoms with Crippen molar-refractivity contribution in [3.8, 4) is 0 Å². The highest BCUT2D eigenvalue weighted by Gasteiger charge is 2.43. The monoisotopic (exact) mass is 334 g/mol. The molecule has 1 fully saturated rings. The van der Waals surface area contributed by atoms with Gasteiger partial charge in [-0.3, -0.25) is 0 Å². The number of nitrogens with one attached hydrogen (secondary N) is 1. The Kier molecular flexibility index (Phi) is 4.52. The highest BCUT2D eigenvalue weighted by molar-refractivity contribution is 7.89. The molecule has 0 bridgehead atoms. The topological polar surface area (TPSA) is 49.4 Å². The maximum Gasteiger partial charge on any atom is 0.213 e. The molecule has 21 heavy (non-hydrogen) atoms. The lowest BCUT2D eigenvalue weighted by atomic mass is 9.75. The Morgan fingerprint density at radius 1 is 1.33 bits per heavy atom. The van der Waals surface area contributed by atoms with E-state index in [-0.39, 0.29) is 29.4 Å². The zero-order valence-electron chi connectivity index (χ0n) is 11.9. The average molecular weight is 335 g/mol. The summed E-state index contributed by atoms with van der Waals surface area (Å²) in [4.78, 5) is 0. The molecule has 0 atom stereocenters. The third-order valence-corrected chi connectivity index (χ3v) is 6.49. The van der Waals surface area contributed by atoms with E-state index in [1.807, 2.05) is 0 Å². The van der Waals surface area contributed by atoms with Crippen LogP contribution in [0.5, 0.6) is 0 Å². The van der Waals surface area contributed by atoms with Crippen molar-refractivity contribution in [2.75, 3.05) is 30.7 Å². The SMILES string of the molecule is CCS(=O)(=O)N1CCC2(CC1)CNc1ccc(F)cc12.Cl. The molecule has 2 aliphatic rings. The van der Waals surface area contributed by atoms with Crippen molar-refractivity contribution in [1.29, 1.82) is 0 Å². The summed E-state index contributed by atoms with van der Waals surface area (Å²) in [5.41, 5.74) is 1.88. The van der Waals surface area contributed by atoms with Crippen molar-refractivity contribution in [3.05, 3.63) is 29.6 Å². The first-order chi connectivity index (χ1) is 9.47. The van der Waals surface area contributed by atoms with Crippen LogP contribution >= 0.6 is 12.4 Å². The summed E-state index contributed by atoms with van der Waals surface area (Å²) in [5, 5.41) is 3.32. The minimum Gasteiger partial charge on any atom is -0.384 e. The third-order valence-electron chi connectivity index (χ3n) is 4.61. The summed E-state index contributed by atoms with van der Waals surface area (Å²) in [6.45, 7) is 3.48. The van der Waals surface area contributed by atoms with Gasteiger partial charge < -0.3 is 5.32 Å². The van der Waals surface area contributed by atoms with Gasteiger partial charge in [0, 0.05) is 30.7 Å². The Balaban J connectivity index is 0.00000161. The first-order valence-electron chi connectivity index (χ1n) is 6.99. The number of fused-ring (bicyclic) bond motifs is 2. The van der Waals surface area contributed by atoms with Crippen LogP contribution in [0, 0.1) is 5.82 Å². The van der Waals surface area contributed by atoms with Crippen LogP contribution in [-0.2, 0) is 15.4 Å². The number of benzene rings is 1. The first-order valence-corrected chi connectivity index (χ1v) is 8.59. The molecule has 118 valence electrons. The van der Waals surface area contributed by atoms with Gasteiger partial charge in [0.2, 0.25) is 10.0 Å². The fourth-order valence-electron chi connectivity index (χ4n) is 3.29. The van der Waals surface area contributed by atoms with E-state index in [4.69, 9.17) is 0 Å². The molecule has 0 aromatic heterocycles. The Bertz CT molecular complexity index is 628. The molecule has 3 rings (SSSR count). The van der Waals surface area contributed by atoms with Crippen LogP contribution in [0.2, 0.25) is 0 Å². The fraction of sp³-hybridized carbons (Fsp3) is 0.571. The Hall–Kier alpha value is -0.850. The van der Waals surface area contributed by atoms with Crippen LogP contribution in [0.25, 0.3) is 0 Å². The van der Waals surface area contributed by atoms with Gasteiger partial charge in [-0.1, -0.05) is 0 Å². The molecule has 0 aliphatic carbocycles. The molecule has 7 heteroatoms. The second-order valence-electron chi connectivity index (χ2n) is 5.62. The molecule has 0 saturated carbocycles. The molecule has 1 aromatic carbocycles. The number of halogens is 2. The van der Waals surface area contributed by atoms with Gasteiger partial charge in [0.1, 0.15) is 5.82 Å². The van der Waals surface area contributed by atoms with Gasteiger partial charge in [-0.25, -0.2) is 17.1 Å². The van der Waals surface area contributed by atoms with Crippen molar-refractivity contribution in [2.24, 2.45) is 0 Å². The molecule has 0 radical (unpaired) electrons. The molecular weight excluding hydrogens is 315 g/mol. The summed E-state index contributed by atoms with van der Waals surface area (Å²) >= 11 is 0. The molecule has 1 aromatic rings. The van der Waals surface area contributed by atoms with E-state index >= 15 is 0 Å². The van der Waals surface area contributed by atoms with Gasteiger partial charge in [-0.2, -0.15) is 0 Å². The van der Waals surface area contributed by atoms with E-state index in [1.54, 1.807) is 23.4 Å². The fourth-order valence-corrected chi connectivity index (χ4v) is 4.39. The van der Waals surface area contributed by atoms with Crippen molar-refractivity contribution in [3.63, 3.8) is 0 Å². The first kappa shape index (κ1) is 16.5. The number of piperidine rings is 1. The lowest BCUT2D eigenvalue weighted by molar-refractivity contribution is 0.249. The second kappa shape index (κ2) is 5.74. The van der Waals surface area contributed by atoms with E-state index in [9.17, 15) is 12.8 Å². The molecule has 4 nitrogen and oxygen atoms in total. The minimum absolute atomic E-state index is 0. The quantitative estimate of drug-likeness (QED) is 0.903. The molecular formula is C14H20ClFN2O2S. The number of hydrogen-bond donors (Lipinski definition) is 1. The highest BCUT2D eigenvalue weighted by atomic mass is 35.5. The maximum absolute atomic E-state index is 13.5. The summed E-state index contributed by atoms with van der Waals surface area (Å²) in [5.74, 6) is -0.0841. The zero-order valence-corrected chi connectivity index (χ0v) is 13.6. The standard InChI is InChI=1S/C14H19FN2O2S.ClH/c1-2-20(18,19)17-7-5-14(6-8-17)10-16-13-4-3-11(15)9-12(13)14;/h3-4,9,16H,2,5-8,10H2,1H3;1H. The normalized spacial score (nSPS) is 20.7. The largest absolute Gasteiger partial charge is 0.384 e. The van der Waals surface area contributed by atoms with Crippen LogP contribution in [-0.4, -0.2) is 38.1 Å². The number of rotatable bonds is 2. The Morgan fingerprint density at radius 3 is 2.62 bits per heavy atom. The predicted molar refractivity (Wildman–Crippen MR) is 84.1 cm³/mol. The maximum atomic E-state index is 13.5. The molecule has 1 spiro atoms. The zero-order chi connectivity index (χ0) is 14.4. The third kappa shape index (κ3) is 2.76. The molecule has 0 amide bonds. The van der Waals surface area contributed by atoms with Crippen LogP contribution in [0.15, 0.2) is 18.2 Å². The molecule has 1 saturated heterocycles. The minimum atomic E-state index is -3.11. The lowest BCUT2D eigenvalue weighted by Crippen LogP contribution is -2.46. The molecule has 0 unspecified atom stereocenters. The van der Waals surface area contributed by atoms with Crippen molar-refractivity contribution < 1.29 is 12.8 Å². The number of hydrogen-bond acceptors (Lipinski definition) is 3. The average Bonchev–Trinajstić information content (AvgIpc) is 2.78. The number of sulfonamides is 1. The second-order valence-corrected chi connectivity index (χ2v) is 7.88. The summed E-state index contributed by atoms with van der Waals surface area (Å²) in [6, 6.07) is 4.83.